The summed E-state index contributed by atoms with van der Waals surface area (Å²) in [6.45, 7) is 2.80. The summed E-state index contributed by atoms with van der Waals surface area (Å²) < 4.78 is 5.90. The lowest BCUT2D eigenvalue weighted by atomic mass is 10.1. The Morgan fingerprint density at radius 1 is 1.08 bits per heavy atom. The lowest BCUT2D eigenvalue weighted by molar-refractivity contribution is 0.320. The molecule has 0 amide bonds. The molecule has 124 valence electrons. The van der Waals surface area contributed by atoms with E-state index in [-0.39, 0.29) is 5.92 Å². The average molecular weight is 330 g/mol. The first-order chi connectivity index (χ1) is 12.3. The van der Waals surface area contributed by atoms with Gasteiger partial charge in [-0.2, -0.15) is 5.26 Å². The highest BCUT2D eigenvalue weighted by molar-refractivity contribution is 5.51. The number of rotatable bonds is 4. The molecule has 0 saturated carbocycles. The summed E-state index contributed by atoms with van der Waals surface area (Å²) in [6.07, 6.45) is 1.02. The van der Waals surface area contributed by atoms with Crippen LogP contribution in [0.2, 0.25) is 0 Å². The number of aromatic nitrogens is 2. The van der Waals surface area contributed by atoms with Gasteiger partial charge >= 0.3 is 0 Å². The second-order valence-electron chi connectivity index (χ2n) is 6.34. The van der Waals surface area contributed by atoms with Crippen molar-refractivity contribution in [3.8, 4) is 17.5 Å². The van der Waals surface area contributed by atoms with Gasteiger partial charge in [0.25, 0.3) is 0 Å². The fraction of sp³-hybridized carbons (Fsp3) is 0.250. The summed E-state index contributed by atoms with van der Waals surface area (Å²) in [4.78, 5) is 2.39. The Balaban J connectivity index is 1.40. The summed E-state index contributed by atoms with van der Waals surface area (Å²) in [5.41, 5.74) is 2.87. The third kappa shape index (κ3) is 3.44. The van der Waals surface area contributed by atoms with E-state index in [9.17, 15) is 0 Å². The van der Waals surface area contributed by atoms with Gasteiger partial charge in [-0.25, -0.2) is 0 Å². The molecule has 0 radical (unpaired) electrons. The molecule has 2 aromatic carbocycles. The Morgan fingerprint density at radius 2 is 1.88 bits per heavy atom. The number of hydrogen-bond acceptors (Lipinski definition) is 5. The van der Waals surface area contributed by atoms with E-state index in [1.165, 1.54) is 5.56 Å². The van der Waals surface area contributed by atoms with Crippen molar-refractivity contribution >= 4 is 0 Å². The highest BCUT2D eigenvalue weighted by atomic mass is 16.4. The first-order valence-corrected chi connectivity index (χ1v) is 8.42. The van der Waals surface area contributed by atoms with Crippen LogP contribution in [-0.2, 0) is 6.54 Å². The second-order valence-corrected chi connectivity index (χ2v) is 6.34. The third-order valence-electron chi connectivity index (χ3n) is 4.57. The van der Waals surface area contributed by atoms with Gasteiger partial charge in [0.1, 0.15) is 0 Å². The molecule has 5 heteroatoms. The maximum absolute atomic E-state index is 8.87. The maximum atomic E-state index is 8.87. The lowest BCUT2D eigenvalue weighted by Crippen LogP contribution is -2.19. The van der Waals surface area contributed by atoms with Crippen LogP contribution >= 0.6 is 0 Å². The Bertz CT molecular complexity index is 880. The van der Waals surface area contributed by atoms with Crippen LogP contribution in [0.4, 0.5) is 0 Å². The van der Waals surface area contributed by atoms with E-state index in [0.717, 1.165) is 37.5 Å². The standard InChI is InChI=1S/C20H18N4O/c21-12-15-6-8-16(9-7-15)13-24-11-10-18(14-24)20-23-22-19(25-20)17-4-2-1-3-5-17/h1-9,18H,10-11,13-14H2. The largest absolute Gasteiger partial charge is 0.420 e. The second kappa shape index (κ2) is 6.88. The first kappa shape index (κ1) is 15.6. The molecule has 25 heavy (non-hydrogen) atoms. The number of likely N-dealkylation sites (tertiary alicyclic amines) is 1. The minimum atomic E-state index is 0.281. The van der Waals surface area contributed by atoms with Crippen LogP contribution in [-0.4, -0.2) is 28.2 Å². The van der Waals surface area contributed by atoms with E-state index in [4.69, 9.17) is 9.68 Å². The summed E-state index contributed by atoms with van der Waals surface area (Å²) in [5, 5.41) is 17.3. The zero-order valence-electron chi connectivity index (χ0n) is 13.8. The zero-order chi connectivity index (χ0) is 17.1. The van der Waals surface area contributed by atoms with E-state index in [2.05, 4.69) is 21.2 Å². The fourth-order valence-corrected chi connectivity index (χ4v) is 3.22. The van der Waals surface area contributed by atoms with Crippen molar-refractivity contribution in [3.05, 3.63) is 71.6 Å². The van der Waals surface area contributed by atoms with Crippen molar-refractivity contribution in [2.45, 2.75) is 18.9 Å². The van der Waals surface area contributed by atoms with Gasteiger partial charge in [0.2, 0.25) is 11.8 Å². The number of hydrogen-bond donors (Lipinski definition) is 0. The highest BCUT2D eigenvalue weighted by Crippen LogP contribution is 2.29. The SMILES string of the molecule is N#Cc1ccc(CN2CCC(c3nnc(-c4ccccc4)o3)C2)cc1. The molecule has 1 aromatic heterocycles. The highest BCUT2D eigenvalue weighted by Gasteiger charge is 2.28. The average Bonchev–Trinajstić information content (AvgIpc) is 3.32. The lowest BCUT2D eigenvalue weighted by Gasteiger charge is -2.15. The Hall–Kier alpha value is -2.97. The van der Waals surface area contributed by atoms with Crippen LogP contribution in [0.3, 0.4) is 0 Å². The Labute approximate surface area is 146 Å². The summed E-state index contributed by atoms with van der Waals surface area (Å²) >= 11 is 0. The van der Waals surface area contributed by atoms with Crippen molar-refractivity contribution in [1.82, 2.24) is 15.1 Å². The first-order valence-electron chi connectivity index (χ1n) is 8.42. The van der Waals surface area contributed by atoms with Crippen LogP contribution in [0.25, 0.3) is 11.5 Å². The van der Waals surface area contributed by atoms with Crippen molar-refractivity contribution in [1.29, 1.82) is 5.26 Å². The summed E-state index contributed by atoms with van der Waals surface area (Å²) in [6, 6.07) is 19.8. The molecule has 0 aliphatic carbocycles. The van der Waals surface area contributed by atoms with Gasteiger partial charge in [-0.1, -0.05) is 30.3 Å². The molecule has 0 bridgehead atoms. The van der Waals surface area contributed by atoms with Crippen LogP contribution in [0, 0.1) is 11.3 Å². The van der Waals surface area contributed by atoms with Gasteiger partial charge in [-0.3, -0.25) is 4.90 Å². The predicted molar refractivity (Wildman–Crippen MR) is 93.5 cm³/mol. The molecule has 4 rings (SSSR count). The molecular formula is C20H18N4O. The number of benzene rings is 2. The fourth-order valence-electron chi connectivity index (χ4n) is 3.22. The van der Waals surface area contributed by atoms with Crippen LogP contribution in [0.15, 0.2) is 59.0 Å². The quantitative estimate of drug-likeness (QED) is 0.731. The molecule has 5 nitrogen and oxygen atoms in total. The molecular weight excluding hydrogens is 312 g/mol. The van der Waals surface area contributed by atoms with Crippen molar-refractivity contribution in [2.75, 3.05) is 13.1 Å². The van der Waals surface area contributed by atoms with E-state index < -0.39 is 0 Å². The maximum Gasteiger partial charge on any atom is 0.247 e. The van der Waals surface area contributed by atoms with Crippen molar-refractivity contribution in [2.24, 2.45) is 0 Å². The molecule has 1 saturated heterocycles. The molecule has 1 aliphatic heterocycles. The number of nitriles is 1. The Morgan fingerprint density at radius 3 is 2.64 bits per heavy atom. The molecule has 2 heterocycles. The van der Waals surface area contributed by atoms with E-state index in [0.29, 0.717) is 11.5 Å². The predicted octanol–water partition coefficient (Wildman–Crippen LogP) is 3.60. The minimum Gasteiger partial charge on any atom is -0.420 e. The van der Waals surface area contributed by atoms with Gasteiger partial charge in [0, 0.05) is 18.7 Å². The van der Waals surface area contributed by atoms with E-state index in [1.54, 1.807) is 0 Å². The Kier molecular flexibility index (Phi) is 4.28. The van der Waals surface area contributed by atoms with Crippen molar-refractivity contribution in [3.63, 3.8) is 0 Å². The van der Waals surface area contributed by atoms with E-state index >= 15 is 0 Å². The third-order valence-corrected chi connectivity index (χ3v) is 4.57. The topological polar surface area (TPSA) is 66.0 Å². The minimum absolute atomic E-state index is 0.281. The molecule has 0 N–H and O–H groups in total. The summed E-state index contributed by atoms with van der Waals surface area (Å²) in [7, 11) is 0. The normalized spacial score (nSPS) is 17.5. The molecule has 3 aromatic rings. The monoisotopic (exact) mass is 330 g/mol. The molecule has 1 fully saturated rings. The number of nitrogens with zero attached hydrogens (tertiary/aromatic N) is 4. The molecule has 1 unspecified atom stereocenters. The van der Waals surface area contributed by atoms with Gasteiger partial charge < -0.3 is 4.42 Å². The zero-order valence-corrected chi connectivity index (χ0v) is 13.8. The van der Waals surface area contributed by atoms with Crippen LogP contribution in [0.5, 0.6) is 0 Å². The van der Waals surface area contributed by atoms with E-state index in [1.807, 2.05) is 54.6 Å². The molecule has 0 spiro atoms. The summed E-state index contributed by atoms with van der Waals surface area (Å²) in [5.74, 6) is 1.59. The van der Waals surface area contributed by atoms with Crippen molar-refractivity contribution < 1.29 is 4.42 Å². The van der Waals surface area contributed by atoms with Gasteiger partial charge in [-0.15, -0.1) is 10.2 Å². The molecule has 1 aliphatic rings. The van der Waals surface area contributed by atoms with Gasteiger partial charge in [-0.05, 0) is 42.8 Å². The van der Waals surface area contributed by atoms with Crippen LogP contribution < -0.4 is 0 Å². The smallest absolute Gasteiger partial charge is 0.247 e. The molecule has 1 atom stereocenters. The van der Waals surface area contributed by atoms with Gasteiger partial charge in [0.15, 0.2) is 0 Å². The van der Waals surface area contributed by atoms with Gasteiger partial charge in [0.05, 0.1) is 17.6 Å². The van der Waals surface area contributed by atoms with Crippen LogP contribution in [0.1, 0.15) is 29.4 Å².